The van der Waals surface area contributed by atoms with Crippen LogP contribution in [-0.2, 0) is 4.74 Å². The van der Waals surface area contributed by atoms with Crippen molar-refractivity contribution in [2.24, 2.45) is 0 Å². The molecule has 9 heteroatoms. The van der Waals surface area contributed by atoms with E-state index in [2.05, 4.69) is 26.0 Å². The molecule has 9 nitrogen and oxygen atoms in total. The number of nitrogens with zero attached hydrogens (tertiary/aromatic N) is 7. The molecular formula is C12H16N8O. The first-order valence-corrected chi connectivity index (χ1v) is 6.35. The number of rotatable bonds is 7. The average molecular weight is 288 g/mol. The number of imidazole rings is 1. The van der Waals surface area contributed by atoms with Crippen LogP contribution in [0.2, 0.25) is 0 Å². The number of methoxy groups -OCH3 is 1. The van der Waals surface area contributed by atoms with Gasteiger partial charge < -0.3 is 15.4 Å². The maximum Gasteiger partial charge on any atom is 0.241 e. The quantitative estimate of drug-likeness (QED) is 0.756. The Balaban J connectivity index is 2.29. The van der Waals surface area contributed by atoms with Crippen LogP contribution < -0.4 is 10.6 Å². The van der Waals surface area contributed by atoms with Crippen LogP contribution in [0.4, 0.5) is 11.9 Å². The van der Waals surface area contributed by atoms with Crippen LogP contribution in [0.5, 0.6) is 0 Å². The van der Waals surface area contributed by atoms with Crippen molar-refractivity contribution >= 4 is 11.9 Å². The summed E-state index contributed by atoms with van der Waals surface area (Å²) in [5.74, 6) is 0.913. The number of nitriles is 1. The predicted octanol–water partition coefficient (Wildman–Crippen LogP) is 0.00598. The van der Waals surface area contributed by atoms with E-state index in [0.29, 0.717) is 38.0 Å². The van der Waals surface area contributed by atoms with Crippen molar-refractivity contribution in [2.75, 3.05) is 37.4 Å². The van der Waals surface area contributed by atoms with Crippen molar-refractivity contribution in [3.8, 4) is 12.0 Å². The molecule has 0 aromatic carbocycles. The van der Waals surface area contributed by atoms with Gasteiger partial charge in [0.15, 0.2) is 0 Å². The second-order valence-electron chi connectivity index (χ2n) is 4.15. The summed E-state index contributed by atoms with van der Waals surface area (Å²) in [5, 5.41) is 8.75. The lowest BCUT2D eigenvalue weighted by Crippen LogP contribution is -2.30. The Morgan fingerprint density at radius 2 is 2.24 bits per heavy atom. The van der Waals surface area contributed by atoms with Crippen LogP contribution in [-0.4, -0.2) is 51.3 Å². The minimum atomic E-state index is 0.114. The van der Waals surface area contributed by atoms with Gasteiger partial charge in [-0.25, -0.2) is 4.98 Å². The number of ether oxygens (including phenoxy) is 1. The van der Waals surface area contributed by atoms with Gasteiger partial charge >= 0.3 is 0 Å². The van der Waals surface area contributed by atoms with Crippen molar-refractivity contribution < 1.29 is 4.74 Å². The van der Waals surface area contributed by atoms with Crippen LogP contribution in [0.25, 0.3) is 5.95 Å². The number of nitrogens with two attached hydrogens (primary N) is 1. The third-order valence-electron chi connectivity index (χ3n) is 2.71. The Hall–Kier alpha value is -2.73. The van der Waals surface area contributed by atoms with E-state index in [4.69, 9.17) is 15.7 Å². The molecule has 0 amide bonds. The second kappa shape index (κ2) is 7.16. The lowest BCUT2D eigenvalue weighted by Gasteiger charge is -2.21. The number of hydrogen-bond acceptors (Lipinski definition) is 8. The van der Waals surface area contributed by atoms with E-state index in [0.717, 1.165) is 0 Å². The molecule has 2 heterocycles. The molecule has 2 rings (SSSR count). The molecule has 2 N–H and O–H groups in total. The molecule has 110 valence electrons. The smallest absolute Gasteiger partial charge is 0.241 e. The Morgan fingerprint density at radius 3 is 2.90 bits per heavy atom. The molecular weight excluding hydrogens is 272 g/mol. The molecule has 0 aliphatic carbocycles. The Morgan fingerprint density at radius 1 is 1.38 bits per heavy atom. The van der Waals surface area contributed by atoms with Gasteiger partial charge in [0.1, 0.15) is 6.33 Å². The highest BCUT2D eigenvalue weighted by Crippen LogP contribution is 2.12. The first-order chi connectivity index (χ1) is 10.2. The first-order valence-electron chi connectivity index (χ1n) is 6.35. The standard InChI is InChI=1S/C12H16N8O/c1-21-8-7-19(5-2-3-13)11-16-10(14)17-12(18-11)20-6-4-15-9-20/h4,6,9H,2,5,7-8H2,1H3,(H2,14,16,17,18). The maximum atomic E-state index is 8.75. The van der Waals surface area contributed by atoms with Crippen molar-refractivity contribution in [2.45, 2.75) is 6.42 Å². The monoisotopic (exact) mass is 288 g/mol. The zero-order valence-electron chi connectivity index (χ0n) is 11.7. The fourth-order valence-electron chi connectivity index (χ4n) is 1.70. The van der Waals surface area contributed by atoms with Crippen molar-refractivity contribution in [1.29, 1.82) is 5.26 Å². The fourth-order valence-corrected chi connectivity index (χ4v) is 1.70. The largest absolute Gasteiger partial charge is 0.383 e. The van der Waals surface area contributed by atoms with Gasteiger partial charge in [-0.15, -0.1) is 0 Å². The topological polar surface area (TPSA) is 119 Å². The highest BCUT2D eigenvalue weighted by Gasteiger charge is 2.13. The van der Waals surface area contributed by atoms with Crippen LogP contribution in [0.15, 0.2) is 18.7 Å². The minimum absolute atomic E-state index is 0.114. The summed E-state index contributed by atoms with van der Waals surface area (Å²) < 4.78 is 6.70. The van der Waals surface area contributed by atoms with Crippen LogP contribution >= 0.6 is 0 Å². The maximum absolute atomic E-state index is 8.75. The Labute approximate surface area is 122 Å². The van der Waals surface area contributed by atoms with Gasteiger partial charge in [-0.05, 0) is 0 Å². The minimum Gasteiger partial charge on any atom is -0.383 e. The molecule has 0 unspecified atom stereocenters. The van der Waals surface area contributed by atoms with E-state index >= 15 is 0 Å². The number of aromatic nitrogens is 5. The molecule has 0 radical (unpaired) electrons. The normalized spacial score (nSPS) is 10.3. The molecule has 0 fully saturated rings. The molecule has 0 aliphatic rings. The summed E-state index contributed by atoms with van der Waals surface area (Å²) in [7, 11) is 1.61. The van der Waals surface area contributed by atoms with E-state index in [-0.39, 0.29) is 5.95 Å². The van der Waals surface area contributed by atoms with Crippen molar-refractivity contribution in [3.63, 3.8) is 0 Å². The van der Waals surface area contributed by atoms with Crippen LogP contribution in [0.1, 0.15) is 6.42 Å². The Bertz CT molecular complexity index is 606. The summed E-state index contributed by atoms with van der Waals surface area (Å²) in [6.07, 6.45) is 5.27. The highest BCUT2D eigenvalue weighted by molar-refractivity contribution is 5.38. The zero-order chi connectivity index (χ0) is 15.1. The molecule has 2 aromatic rings. The van der Waals surface area contributed by atoms with Crippen molar-refractivity contribution in [3.05, 3.63) is 18.7 Å². The zero-order valence-corrected chi connectivity index (χ0v) is 11.7. The van der Waals surface area contributed by atoms with Gasteiger partial charge in [0.05, 0.1) is 19.1 Å². The SMILES string of the molecule is COCCN(CCC#N)c1nc(N)nc(-n2ccnc2)n1. The van der Waals surface area contributed by atoms with E-state index < -0.39 is 0 Å². The van der Waals surface area contributed by atoms with Crippen LogP contribution in [0, 0.1) is 11.3 Å². The average Bonchev–Trinajstić information content (AvgIpc) is 3.01. The van der Waals surface area contributed by atoms with Crippen LogP contribution in [0.3, 0.4) is 0 Å². The van der Waals surface area contributed by atoms with Gasteiger partial charge in [-0.3, -0.25) is 4.57 Å². The molecule has 2 aromatic heterocycles. The van der Waals surface area contributed by atoms with E-state index in [9.17, 15) is 0 Å². The van der Waals surface area contributed by atoms with E-state index in [1.165, 1.54) is 0 Å². The molecule has 0 saturated heterocycles. The highest BCUT2D eigenvalue weighted by atomic mass is 16.5. The molecule has 0 spiro atoms. The van der Waals surface area contributed by atoms with Gasteiger partial charge in [0, 0.05) is 32.6 Å². The molecule has 0 aliphatic heterocycles. The summed E-state index contributed by atoms with van der Waals surface area (Å²) in [4.78, 5) is 18.4. The first kappa shape index (κ1) is 14.7. The molecule has 0 atom stereocenters. The number of nitrogen functional groups attached to an aromatic ring is 1. The Kier molecular flexibility index (Phi) is 5.00. The predicted molar refractivity (Wildman–Crippen MR) is 75.7 cm³/mol. The summed E-state index contributed by atoms with van der Waals surface area (Å²) in [6.45, 7) is 1.55. The summed E-state index contributed by atoms with van der Waals surface area (Å²) in [5.41, 5.74) is 5.74. The second-order valence-corrected chi connectivity index (χ2v) is 4.15. The third-order valence-corrected chi connectivity index (χ3v) is 2.71. The van der Waals surface area contributed by atoms with Gasteiger partial charge in [-0.2, -0.15) is 20.2 Å². The number of hydrogen-bond donors (Lipinski definition) is 1. The fraction of sp³-hybridized carbons (Fsp3) is 0.417. The summed E-state index contributed by atoms with van der Waals surface area (Å²) >= 11 is 0. The van der Waals surface area contributed by atoms with Gasteiger partial charge in [-0.1, -0.05) is 0 Å². The molecule has 0 bridgehead atoms. The van der Waals surface area contributed by atoms with Gasteiger partial charge in [0.2, 0.25) is 17.8 Å². The van der Waals surface area contributed by atoms with Gasteiger partial charge in [0.25, 0.3) is 0 Å². The summed E-state index contributed by atoms with van der Waals surface area (Å²) in [6, 6.07) is 2.10. The molecule has 21 heavy (non-hydrogen) atoms. The number of anilines is 2. The molecule has 0 saturated carbocycles. The lowest BCUT2D eigenvalue weighted by molar-refractivity contribution is 0.205. The van der Waals surface area contributed by atoms with E-state index in [1.807, 2.05) is 4.90 Å². The van der Waals surface area contributed by atoms with Crippen molar-refractivity contribution in [1.82, 2.24) is 24.5 Å². The third kappa shape index (κ3) is 3.87. The lowest BCUT2D eigenvalue weighted by atomic mass is 10.4. The van der Waals surface area contributed by atoms with E-state index in [1.54, 1.807) is 30.4 Å².